The second kappa shape index (κ2) is 7.39. The Hall–Kier alpha value is -2.18. The smallest absolute Gasteiger partial charge is 0.339 e. The number of hydrogen-bond acceptors (Lipinski definition) is 5. The topological polar surface area (TPSA) is 63.7 Å². The summed E-state index contributed by atoms with van der Waals surface area (Å²) in [5.74, 6) is -0.852. The number of benzene rings is 2. The molecule has 2 rings (SSSR count). The molecule has 0 radical (unpaired) electrons. The minimum Gasteiger partial charge on any atom is -0.442 e. The van der Waals surface area contributed by atoms with Crippen LogP contribution in [0.1, 0.15) is 10.4 Å². The van der Waals surface area contributed by atoms with Gasteiger partial charge in [-0.2, -0.15) is 0 Å². The highest BCUT2D eigenvalue weighted by atomic mass is 32.2. The van der Waals surface area contributed by atoms with Gasteiger partial charge in [-0.25, -0.2) is 13.2 Å². The van der Waals surface area contributed by atoms with Gasteiger partial charge >= 0.3 is 5.97 Å². The molecule has 23 heavy (non-hydrogen) atoms. The molecule has 6 heteroatoms. The van der Waals surface area contributed by atoms with Crippen LogP contribution in [0.15, 0.2) is 65.6 Å². The minimum absolute atomic E-state index is 0.211. The molecule has 122 valence electrons. The van der Waals surface area contributed by atoms with Gasteiger partial charge in [-0.15, -0.1) is 0 Å². The normalized spacial score (nSPS) is 12.8. The van der Waals surface area contributed by atoms with Gasteiger partial charge in [0.25, 0.3) is 0 Å². The first kappa shape index (κ1) is 17.2. The highest BCUT2D eigenvalue weighted by Gasteiger charge is 2.26. The summed E-state index contributed by atoms with van der Waals surface area (Å²) in [6, 6.07) is 16.6. The maximum Gasteiger partial charge on any atom is 0.339 e. The van der Waals surface area contributed by atoms with Crippen LogP contribution in [-0.4, -0.2) is 45.4 Å². The minimum atomic E-state index is -3.55. The van der Waals surface area contributed by atoms with Gasteiger partial charge in [-0.3, -0.25) is 4.90 Å². The Labute approximate surface area is 136 Å². The molecule has 0 aliphatic carbocycles. The first-order valence-electron chi connectivity index (χ1n) is 7.10. The molecule has 2 aromatic rings. The van der Waals surface area contributed by atoms with Gasteiger partial charge < -0.3 is 4.74 Å². The first-order chi connectivity index (χ1) is 10.9. The van der Waals surface area contributed by atoms with E-state index >= 15 is 0 Å². The lowest BCUT2D eigenvalue weighted by Gasteiger charge is -2.24. The van der Waals surface area contributed by atoms with Gasteiger partial charge in [-0.1, -0.05) is 36.4 Å². The molecule has 0 bridgehead atoms. The average Bonchev–Trinajstić information content (AvgIpc) is 2.55. The summed E-state index contributed by atoms with van der Waals surface area (Å²) in [5.41, 5.74) is 0.386. The highest BCUT2D eigenvalue weighted by molar-refractivity contribution is 7.91. The van der Waals surface area contributed by atoms with Crippen molar-refractivity contribution in [1.29, 1.82) is 0 Å². The second-order valence-corrected chi connectivity index (χ2v) is 7.32. The van der Waals surface area contributed by atoms with Crippen LogP contribution in [0, 0.1) is 0 Å². The summed E-state index contributed by atoms with van der Waals surface area (Å²) >= 11 is 0. The summed E-state index contributed by atoms with van der Waals surface area (Å²) in [6.07, 6.45) is -0.868. The van der Waals surface area contributed by atoms with Crippen molar-refractivity contribution in [2.45, 2.75) is 11.1 Å². The summed E-state index contributed by atoms with van der Waals surface area (Å²) < 4.78 is 30.3. The molecule has 0 saturated heterocycles. The fourth-order valence-corrected chi connectivity index (χ4v) is 3.47. The molecule has 0 fully saturated rings. The Morgan fingerprint density at radius 1 is 1.00 bits per heavy atom. The third-order valence-corrected chi connectivity index (χ3v) is 5.01. The van der Waals surface area contributed by atoms with E-state index in [9.17, 15) is 13.2 Å². The molecule has 0 N–H and O–H groups in total. The predicted molar refractivity (Wildman–Crippen MR) is 87.8 cm³/mol. The van der Waals surface area contributed by atoms with E-state index < -0.39 is 22.0 Å². The third-order valence-electron chi connectivity index (χ3n) is 3.29. The van der Waals surface area contributed by atoms with Crippen molar-refractivity contribution >= 4 is 15.8 Å². The van der Waals surface area contributed by atoms with Crippen LogP contribution in [0.3, 0.4) is 0 Å². The van der Waals surface area contributed by atoms with E-state index in [1.165, 1.54) is 12.1 Å². The lowest BCUT2D eigenvalue weighted by atomic mass is 10.2. The number of esters is 1. The Morgan fingerprint density at radius 3 is 2.04 bits per heavy atom. The molecule has 1 atom stereocenters. The van der Waals surface area contributed by atoms with Crippen molar-refractivity contribution in [3.63, 3.8) is 0 Å². The predicted octanol–water partition coefficient (Wildman–Crippen LogP) is 2.21. The Balaban J connectivity index is 2.15. The Morgan fingerprint density at radius 2 is 1.52 bits per heavy atom. The molecule has 0 heterocycles. The monoisotopic (exact) mass is 333 g/mol. The lowest BCUT2D eigenvalue weighted by molar-refractivity contribution is -0.00400. The fourth-order valence-electron chi connectivity index (χ4n) is 1.97. The molecule has 0 spiro atoms. The second-order valence-electron chi connectivity index (χ2n) is 5.28. The molecule has 0 aromatic heterocycles. The van der Waals surface area contributed by atoms with E-state index in [0.717, 1.165) is 0 Å². The number of rotatable bonds is 6. The average molecular weight is 333 g/mol. The van der Waals surface area contributed by atoms with Crippen molar-refractivity contribution < 1.29 is 17.9 Å². The fraction of sp³-hybridized carbons (Fsp3) is 0.235. The molecule has 5 nitrogen and oxygen atoms in total. The number of carbonyl (C=O) groups is 1. The summed E-state index contributed by atoms with van der Waals surface area (Å²) in [5, 5.41) is 0. The number of sulfone groups is 1. The van der Waals surface area contributed by atoms with Gasteiger partial charge in [0.15, 0.2) is 16.1 Å². The molecular weight excluding hydrogens is 314 g/mol. The zero-order valence-corrected chi connectivity index (χ0v) is 13.9. The molecule has 0 saturated carbocycles. The van der Waals surface area contributed by atoms with Gasteiger partial charge in [-0.05, 0) is 38.4 Å². The number of carbonyl (C=O) groups excluding carboxylic acids is 1. The van der Waals surface area contributed by atoms with Gasteiger partial charge in [0, 0.05) is 0 Å². The van der Waals surface area contributed by atoms with E-state index in [1.807, 2.05) is 0 Å². The molecular formula is C17H19NO4S. The van der Waals surface area contributed by atoms with Gasteiger partial charge in [0.05, 0.1) is 10.5 Å². The van der Waals surface area contributed by atoms with Crippen molar-refractivity contribution in [3.05, 3.63) is 66.2 Å². The van der Waals surface area contributed by atoms with Crippen LogP contribution >= 0.6 is 0 Å². The summed E-state index contributed by atoms with van der Waals surface area (Å²) in [4.78, 5) is 13.9. The molecule has 2 aromatic carbocycles. The van der Waals surface area contributed by atoms with Crippen LogP contribution in [0.25, 0.3) is 0 Å². The van der Waals surface area contributed by atoms with E-state index in [0.29, 0.717) is 5.56 Å². The number of hydrogen-bond donors (Lipinski definition) is 0. The van der Waals surface area contributed by atoms with Crippen molar-refractivity contribution in [1.82, 2.24) is 4.90 Å². The van der Waals surface area contributed by atoms with Crippen molar-refractivity contribution in [2.24, 2.45) is 0 Å². The van der Waals surface area contributed by atoms with E-state index in [1.54, 1.807) is 67.5 Å². The number of ether oxygens (including phenoxy) is 1. The zero-order chi connectivity index (χ0) is 16.9. The van der Waals surface area contributed by atoms with Gasteiger partial charge in [0.1, 0.15) is 5.75 Å². The number of nitrogens with zero attached hydrogens (tertiary/aromatic N) is 1. The van der Waals surface area contributed by atoms with Crippen LogP contribution < -0.4 is 0 Å². The maximum absolute atomic E-state index is 12.4. The van der Waals surface area contributed by atoms with Crippen LogP contribution in [0.2, 0.25) is 0 Å². The SMILES string of the molecule is CN(C)C(CS(=O)(=O)c1ccccc1)OC(=O)c1ccccc1. The van der Waals surface area contributed by atoms with E-state index in [2.05, 4.69) is 0 Å². The largest absolute Gasteiger partial charge is 0.442 e. The van der Waals surface area contributed by atoms with Crippen molar-refractivity contribution in [2.75, 3.05) is 19.8 Å². The Kier molecular flexibility index (Phi) is 5.52. The zero-order valence-electron chi connectivity index (χ0n) is 13.0. The van der Waals surface area contributed by atoms with Crippen LogP contribution in [0.5, 0.6) is 0 Å². The van der Waals surface area contributed by atoms with Crippen LogP contribution in [-0.2, 0) is 14.6 Å². The quantitative estimate of drug-likeness (QED) is 0.599. The maximum atomic E-state index is 12.4. The van der Waals surface area contributed by atoms with E-state index in [-0.39, 0.29) is 10.6 Å². The lowest BCUT2D eigenvalue weighted by Crippen LogP contribution is -2.38. The molecule has 0 aliphatic rings. The van der Waals surface area contributed by atoms with E-state index in [4.69, 9.17) is 4.74 Å². The molecule has 0 aliphatic heterocycles. The van der Waals surface area contributed by atoms with Crippen molar-refractivity contribution in [3.8, 4) is 0 Å². The van der Waals surface area contributed by atoms with Gasteiger partial charge in [0.2, 0.25) is 0 Å². The third kappa shape index (κ3) is 4.64. The molecule has 1 unspecified atom stereocenters. The first-order valence-corrected chi connectivity index (χ1v) is 8.75. The molecule has 0 amide bonds. The summed E-state index contributed by atoms with van der Waals surface area (Å²) in [7, 11) is -0.211. The van der Waals surface area contributed by atoms with Crippen LogP contribution in [0.4, 0.5) is 0 Å². The highest BCUT2D eigenvalue weighted by Crippen LogP contribution is 2.14. The Bertz CT molecular complexity index is 743. The standard InChI is InChI=1S/C17H19NO4S/c1-18(2)16(22-17(19)14-9-5-3-6-10-14)13-23(20,21)15-11-7-4-8-12-15/h3-12,16H,13H2,1-2H3. The summed E-state index contributed by atoms with van der Waals surface area (Å²) in [6.45, 7) is 0.